The van der Waals surface area contributed by atoms with Crippen LogP contribution >= 0.6 is 38.9 Å². The van der Waals surface area contributed by atoms with Gasteiger partial charge < -0.3 is 9.84 Å². The van der Waals surface area contributed by atoms with Gasteiger partial charge in [-0.05, 0) is 51.5 Å². The Balaban J connectivity index is 2.39. The predicted molar refractivity (Wildman–Crippen MR) is 84.1 cm³/mol. The Bertz CT molecular complexity index is 613. The van der Waals surface area contributed by atoms with Gasteiger partial charge >= 0.3 is 5.97 Å². The number of benzene rings is 1. The zero-order valence-corrected chi connectivity index (χ0v) is 13.8. The van der Waals surface area contributed by atoms with Crippen molar-refractivity contribution in [3.63, 3.8) is 0 Å². The van der Waals surface area contributed by atoms with Crippen LogP contribution in [0.3, 0.4) is 0 Å². The first-order valence-corrected chi connectivity index (χ1v) is 7.86. The normalized spacial score (nSPS) is 12.2. The maximum absolute atomic E-state index is 11.5. The summed E-state index contributed by atoms with van der Waals surface area (Å²) in [7, 11) is 1.55. The molecule has 0 bridgehead atoms. The van der Waals surface area contributed by atoms with Crippen LogP contribution in [0.1, 0.15) is 16.4 Å². The standard InChI is InChI=1S/C14H12BrClO3S/c1-19-13-8(5-9(16)7-11(13)15)6-10(14(17)18)12-3-2-4-20-12/h2-5,7,10H,6H2,1H3,(H,17,18). The molecule has 2 rings (SSSR count). The highest BCUT2D eigenvalue weighted by molar-refractivity contribution is 9.10. The van der Waals surface area contributed by atoms with Gasteiger partial charge in [0, 0.05) is 9.90 Å². The van der Waals surface area contributed by atoms with Crippen LogP contribution in [0.25, 0.3) is 0 Å². The lowest BCUT2D eigenvalue weighted by Gasteiger charge is -2.15. The quantitative estimate of drug-likeness (QED) is 0.832. The maximum Gasteiger partial charge on any atom is 0.312 e. The molecule has 0 amide bonds. The fraction of sp³-hybridized carbons (Fsp3) is 0.214. The van der Waals surface area contributed by atoms with Crippen molar-refractivity contribution in [3.05, 3.63) is 49.6 Å². The Morgan fingerprint density at radius 2 is 2.30 bits per heavy atom. The summed E-state index contributed by atoms with van der Waals surface area (Å²) in [5.74, 6) is -0.836. The second-order valence-electron chi connectivity index (χ2n) is 4.19. The highest BCUT2D eigenvalue weighted by atomic mass is 79.9. The van der Waals surface area contributed by atoms with E-state index in [1.54, 1.807) is 19.2 Å². The molecule has 0 fully saturated rings. The van der Waals surface area contributed by atoms with Gasteiger partial charge in [0.2, 0.25) is 0 Å². The lowest BCUT2D eigenvalue weighted by Crippen LogP contribution is -2.13. The molecule has 0 aliphatic rings. The average molecular weight is 376 g/mol. The zero-order valence-electron chi connectivity index (χ0n) is 10.6. The van der Waals surface area contributed by atoms with Crippen molar-refractivity contribution >= 4 is 44.8 Å². The fourth-order valence-corrected chi connectivity index (χ4v) is 3.87. The van der Waals surface area contributed by atoms with Crippen LogP contribution in [0.5, 0.6) is 5.75 Å². The summed E-state index contributed by atoms with van der Waals surface area (Å²) in [6.45, 7) is 0. The Labute approximate surface area is 134 Å². The lowest BCUT2D eigenvalue weighted by molar-refractivity contribution is -0.138. The van der Waals surface area contributed by atoms with E-state index in [0.29, 0.717) is 17.2 Å². The minimum Gasteiger partial charge on any atom is -0.495 e. The number of carboxylic acids is 1. The number of carbonyl (C=O) groups is 1. The first-order chi connectivity index (χ1) is 9.52. The van der Waals surface area contributed by atoms with Crippen LogP contribution in [0.4, 0.5) is 0 Å². The van der Waals surface area contributed by atoms with Crippen molar-refractivity contribution in [3.8, 4) is 5.75 Å². The van der Waals surface area contributed by atoms with E-state index in [9.17, 15) is 9.90 Å². The topological polar surface area (TPSA) is 46.5 Å². The molecule has 0 aliphatic heterocycles. The van der Waals surface area contributed by atoms with Gasteiger partial charge in [0.05, 0.1) is 17.5 Å². The molecule has 0 radical (unpaired) electrons. The SMILES string of the molecule is COc1c(Br)cc(Cl)cc1CC(C(=O)O)c1cccs1. The van der Waals surface area contributed by atoms with Gasteiger partial charge in [-0.2, -0.15) is 0 Å². The molecule has 0 spiro atoms. The number of carboxylic acid groups (broad SMARTS) is 1. The largest absolute Gasteiger partial charge is 0.495 e. The van der Waals surface area contributed by atoms with Gasteiger partial charge in [0.1, 0.15) is 5.75 Å². The van der Waals surface area contributed by atoms with Crippen LogP contribution in [0.15, 0.2) is 34.1 Å². The predicted octanol–water partition coefficient (Wildman–Crippen LogP) is 4.58. The molecule has 2 aromatic rings. The Morgan fingerprint density at radius 3 is 2.85 bits per heavy atom. The van der Waals surface area contributed by atoms with Crippen LogP contribution in [0.2, 0.25) is 5.02 Å². The molecule has 20 heavy (non-hydrogen) atoms. The van der Waals surface area contributed by atoms with Gasteiger partial charge in [-0.3, -0.25) is 4.79 Å². The number of halogens is 2. The van der Waals surface area contributed by atoms with Gasteiger partial charge in [-0.1, -0.05) is 17.7 Å². The van der Waals surface area contributed by atoms with E-state index < -0.39 is 11.9 Å². The van der Waals surface area contributed by atoms with Crippen LogP contribution in [0, 0.1) is 0 Å². The van der Waals surface area contributed by atoms with E-state index in [-0.39, 0.29) is 0 Å². The first kappa shape index (κ1) is 15.4. The van der Waals surface area contributed by atoms with Crippen molar-refractivity contribution < 1.29 is 14.6 Å². The molecule has 1 aromatic heterocycles. The maximum atomic E-state index is 11.5. The lowest BCUT2D eigenvalue weighted by atomic mass is 9.97. The number of hydrogen-bond donors (Lipinski definition) is 1. The molecule has 1 heterocycles. The van der Waals surface area contributed by atoms with Crippen molar-refractivity contribution in [1.29, 1.82) is 0 Å². The van der Waals surface area contributed by atoms with Crippen molar-refractivity contribution in [2.75, 3.05) is 7.11 Å². The third kappa shape index (κ3) is 3.34. The average Bonchev–Trinajstić information content (AvgIpc) is 2.88. The molecule has 6 heteroatoms. The van der Waals surface area contributed by atoms with Crippen molar-refractivity contribution in [2.45, 2.75) is 12.3 Å². The number of hydrogen-bond acceptors (Lipinski definition) is 3. The summed E-state index contributed by atoms with van der Waals surface area (Å²) >= 11 is 10.9. The molecule has 106 valence electrons. The summed E-state index contributed by atoms with van der Waals surface area (Å²) in [4.78, 5) is 12.3. The second kappa shape index (κ2) is 6.61. The molecule has 0 aliphatic carbocycles. The van der Waals surface area contributed by atoms with Gasteiger partial charge in [0.25, 0.3) is 0 Å². The summed E-state index contributed by atoms with van der Waals surface area (Å²) in [6, 6.07) is 7.15. The molecular formula is C14H12BrClO3S. The van der Waals surface area contributed by atoms with E-state index in [1.165, 1.54) is 11.3 Å². The molecule has 1 aromatic carbocycles. The third-order valence-electron chi connectivity index (χ3n) is 2.90. The minimum absolute atomic E-state index is 0.332. The number of thiophene rings is 1. The summed E-state index contributed by atoms with van der Waals surface area (Å²) < 4.78 is 6.05. The Morgan fingerprint density at radius 1 is 1.55 bits per heavy atom. The van der Waals surface area contributed by atoms with E-state index in [1.807, 2.05) is 17.5 Å². The van der Waals surface area contributed by atoms with E-state index in [0.717, 1.165) is 14.9 Å². The third-order valence-corrected chi connectivity index (χ3v) is 4.69. The van der Waals surface area contributed by atoms with E-state index >= 15 is 0 Å². The summed E-state index contributed by atoms with van der Waals surface area (Å²) in [5, 5.41) is 11.8. The van der Waals surface area contributed by atoms with Crippen LogP contribution in [-0.4, -0.2) is 18.2 Å². The molecule has 1 N–H and O–H groups in total. The number of aliphatic carboxylic acids is 1. The molecule has 1 unspecified atom stereocenters. The molecule has 0 saturated heterocycles. The van der Waals surface area contributed by atoms with Crippen LogP contribution in [-0.2, 0) is 11.2 Å². The summed E-state index contributed by atoms with van der Waals surface area (Å²) in [5.41, 5.74) is 0.771. The van der Waals surface area contributed by atoms with Crippen LogP contribution < -0.4 is 4.74 Å². The van der Waals surface area contributed by atoms with Gasteiger partial charge in [0.15, 0.2) is 0 Å². The van der Waals surface area contributed by atoms with E-state index in [2.05, 4.69) is 15.9 Å². The highest BCUT2D eigenvalue weighted by Gasteiger charge is 2.24. The van der Waals surface area contributed by atoms with E-state index in [4.69, 9.17) is 16.3 Å². The number of methoxy groups -OCH3 is 1. The zero-order chi connectivity index (χ0) is 14.7. The molecule has 1 atom stereocenters. The van der Waals surface area contributed by atoms with Gasteiger partial charge in [-0.15, -0.1) is 11.3 Å². The number of rotatable bonds is 5. The summed E-state index contributed by atoms with van der Waals surface area (Å²) in [6.07, 6.45) is 0.332. The molecule has 0 saturated carbocycles. The minimum atomic E-state index is -0.856. The first-order valence-electron chi connectivity index (χ1n) is 5.81. The Hall–Kier alpha value is -1.04. The second-order valence-corrected chi connectivity index (χ2v) is 6.46. The number of ether oxygens (including phenoxy) is 1. The highest BCUT2D eigenvalue weighted by Crippen LogP contribution is 2.36. The van der Waals surface area contributed by atoms with Crippen molar-refractivity contribution in [1.82, 2.24) is 0 Å². The monoisotopic (exact) mass is 374 g/mol. The molecule has 3 nitrogen and oxygen atoms in total. The smallest absolute Gasteiger partial charge is 0.312 e. The van der Waals surface area contributed by atoms with Crippen molar-refractivity contribution in [2.24, 2.45) is 0 Å². The Kier molecular flexibility index (Phi) is 5.07. The van der Waals surface area contributed by atoms with Gasteiger partial charge in [-0.25, -0.2) is 0 Å². The molecular weight excluding hydrogens is 364 g/mol. The fourth-order valence-electron chi connectivity index (χ4n) is 2.01.